The number of ether oxygens (including phenoxy) is 1. The van der Waals surface area contributed by atoms with Crippen molar-refractivity contribution in [2.75, 3.05) is 18.5 Å². The molecule has 0 unspecified atom stereocenters. The Hall–Kier alpha value is -2.52. The number of hydrogen-bond acceptors (Lipinski definition) is 4. The zero-order valence-electron chi connectivity index (χ0n) is 11.6. The fourth-order valence-corrected chi connectivity index (χ4v) is 1.45. The summed E-state index contributed by atoms with van der Waals surface area (Å²) in [6.07, 6.45) is -3.27. The van der Waals surface area contributed by atoms with Gasteiger partial charge in [0.15, 0.2) is 0 Å². The summed E-state index contributed by atoms with van der Waals surface area (Å²) in [4.78, 5) is 34.5. The van der Waals surface area contributed by atoms with Crippen molar-refractivity contribution in [3.63, 3.8) is 0 Å². The second kappa shape index (κ2) is 7.48. The highest BCUT2D eigenvalue weighted by molar-refractivity contribution is 5.89. The minimum absolute atomic E-state index is 0.144. The number of alkyl halides is 3. The van der Waals surface area contributed by atoms with Crippen LogP contribution in [0.1, 0.15) is 6.92 Å². The van der Waals surface area contributed by atoms with Gasteiger partial charge in [0.25, 0.3) is 5.56 Å². The molecule has 10 heteroatoms. The third-order valence-corrected chi connectivity index (χ3v) is 2.32. The molecule has 0 bridgehead atoms. The molecule has 1 aromatic rings. The maximum atomic E-state index is 12.0. The van der Waals surface area contributed by atoms with Crippen LogP contribution in [0.5, 0.6) is 0 Å². The average Bonchev–Trinajstić information content (AvgIpc) is 2.40. The maximum Gasteiger partial charge on any atom is 0.405 e. The number of carbonyl (C=O) groups is 2. The Morgan fingerprint density at radius 2 is 2.05 bits per heavy atom. The van der Waals surface area contributed by atoms with Gasteiger partial charge in [0.2, 0.25) is 0 Å². The number of esters is 1. The van der Waals surface area contributed by atoms with Gasteiger partial charge in [-0.3, -0.25) is 9.59 Å². The van der Waals surface area contributed by atoms with Gasteiger partial charge in [-0.2, -0.15) is 13.2 Å². The summed E-state index contributed by atoms with van der Waals surface area (Å²) in [7, 11) is 0. The summed E-state index contributed by atoms with van der Waals surface area (Å²) in [6.45, 7) is -0.149. The number of nitrogens with zero attached hydrogens (tertiary/aromatic N) is 1. The summed E-state index contributed by atoms with van der Waals surface area (Å²) in [5.41, 5.74) is -0.996. The van der Waals surface area contributed by atoms with Crippen molar-refractivity contribution in [1.29, 1.82) is 0 Å². The fraction of sp³-hybridized carbons (Fsp3) is 0.417. The highest BCUT2D eigenvalue weighted by Crippen LogP contribution is 2.12. The number of pyridine rings is 1. The van der Waals surface area contributed by atoms with Crippen molar-refractivity contribution >= 4 is 17.7 Å². The highest BCUT2D eigenvalue weighted by Gasteiger charge is 2.27. The van der Waals surface area contributed by atoms with Crippen molar-refractivity contribution in [3.8, 4) is 0 Å². The number of anilines is 1. The van der Waals surface area contributed by atoms with Crippen molar-refractivity contribution < 1.29 is 27.5 Å². The average molecular weight is 321 g/mol. The zero-order chi connectivity index (χ0) is 16.8. The van der Waals surface area contributed by atoms with E-state index in [1.807, 2.05) is 5.32 Å². The third kappa shape index (κ3) is 5.85. The summed E-state index contributed by atoms with van der Waals surface area (Å²) < 4.78 is 41.5. The number of urea groups is 1. The van der Waals surface area contributed by atoms with Gasteiger partial charge in [0.05, 0.1) is 6.61 Å². The Labute approximate surface area is 123 Å². The van der Waals surface area contributed by atoms with Crippen LogP contribution >= 0.6 is 0 Å². The molecule has 2 N–H and O–H groups in total. The van der Waals surface area contributed by atoms with Crippen LogP contribution < -0.4 is 16.2 Å². The number of amides is 2. The standard InChI is InChI=1S/C12H14F3N3O4/c1-2-22-9(19)6-18-5-3-4-8(10(18)20)17-11(21)16-7-12(13,14)15/h3-5H,2,6-7H2,1H3,(H2,16,17,21). The molecule has 7 nitrogen and oxygen atoms in total. The molecule has 1 rings (SSSR count). The van der Waals surface area contributed by atoms with E-state index in [0.29, 0.717) is 0 Å². The molecule has 2 amide bonds. The van der Waals surface area contributed by atoms with Crippen LogP contribution in [0.2, 0.25) is 0 Å². The Morgan fingerprint density at radius 1 is 1.36 bits per heavy atom. The molecule has 0 saturated carbocycles. The largest absolute Gasteiger partial charge is 0.465 e. The number of hydrogen-bond donors (Lipinski definition) is 2. The molecule has 0 aromatic carbocycles. The lowest BCUT2D eigenvalue weighted by Crippen LogP contribution is -2.38. The predicted molar refractivity (Wildman–Crippen MR) is 70.4 cm³/mol. The molecular formula is C12H14F3N3O4. The molecule has 0 aliphatic rings. The summed E-state index contributed by atoms with van der Waals surface area (Å²) in [5, 5.41) is 3.56. The van der Waals surface area contributed by atoms with E-state index in [9.17, 15) is 27.6 Å². The fourth-order valence-electron chi connectivity index (χ4n) is 1.45. The summed E-state index contributed by atoms with van der Waals surface area (Å²) in [6, 6.07) is 1.39. The van der Waals surface area contributed by atoms with Crippen LogP contribution in [0, 0.1) is 0 Å². The van der Waals surface area contributed by atoms with E-state index in [4.69, 9.17) is 0 Å². The third-order valence-electron chi connectivity index (χ3n) is 2.32. The monoisotopic (exact) mass is 321 g/mol. The maximum absolute atomic E-state index is 12.0. The van der Waals surface area contributed by atoms with E-state index in [-0.39, 0.29) is 18.8 Å². The molecule has 0 aliphatic carbocycles. The highest BCUT2D eigenvalue weighted by atomic mass is 19.4. The van der Waals surface area contributed by atoms with Gasteiger partial charge in [0, 0.05) is 6.20 Å². The molecule has 22 heavy (non-hydrogen) atoms. The zero-order valence-corrected chi connectivity index (χ0v) is 11.6. The van der Waals surface area contributed by atoms with Gasteiger partial charge in [-0.05, 0) is 19.1 Å². The van der Waals surface area contributed by atoms with Crippen LogP contribution in [0.3, 0.4) is 0 Å². The van der Waals surface area contributed by atoms with E-state index in [1.54, 1.807) is 12.2 Å². The van der Waals surface area contributed by atoms with Crippen LogP contribution in [-0.2, 0) is 16.1 Å². The Balaban J connectivity index is 2.74. The molecule has 0 fully saturated rings. The van der Waals surface area contributed by atoms with Crippen molar-refractivity contribution in [2.45, 2.75) is 19.6 Å². The molecule has 0 spiro atoms. The molecule has 0 radical (unpaired) electrons. The molecular weight excluding hydrogens is 307 g/mol. The Kier molecular flexibility index (Phi) is 5.96. The lowest BCUT2D eigenvalue weighted by molar-refractivity contribution is -0.143. The summed E-state index contributed by atoms with van der Waals surface area (Å²) in [5.74, 6) is -0.650. The smallest absolute Gasteiger partial charge is 0.405 e. The second-order valence-electron chi connectivity index (χ2n) is 4.08. The van der Waals surface area contributed by atoms with Crippen molar-refractivity contribution in [1.82, 2.24) is 9.88 Å². The molecule has 1 aromatic heterocycles. The Morgan fingerprint density at radius 3 is 2.64 bits per heavy atom. The number of carbonyl (C=O) groups excluding carboxylic acids is 2. The van der Waals surface area contributed by atoms with Crippen LogP contribution in [-0.4, -0.2) is 35.9 Å². The topological polar surface area (TPSA) is 89.4 Å². The molecule has 1 heterocycles. The van der Waals surface area contributed by atoms with E-state index in [0.717, 1.165) is 4.57 Å². The van der Waals surface area contributed by atoms with Crippen LogP contribution in [0.4, 0.5) is 23.7 Å². The minimum Gasteiger partial charge on any atom is -0.465 e. The quantitative estimate of drug-likeness (QED) is 0.795. The number of nitrogens with one attached hydrogen (secondary N) is 2. The van der Waals surface area contributed by atoms with Crippen molar-refractivity contribution in [3.05, 3.63) is 28.7 Å². The van der Waals surface area contributed by atoms with Gasteiger partial charge < -0.3 is 19.9 Å². The SMILES string of the molecule is CCOC(=O)Cn1cccc(NC(=O)NCC(F)(F)F)c1=O. The van der Waals surface area contributed by atoms with E-state index >= 15 is 0 Å². The van der Waals surface area contributed by atoms with Crippen LogP contribution in [0.25, 0.3) is 0 Å². The minimum atomic E-state index is -4.56. The van der Waals surface area contributed by atoms with Gasteiger partial charge in [0.1, 0.15) is 18.8 Å². The lowest BCUT2D eigenvalue weighted by atomic mass is 10.4. The van der Waals surface area contributed by atoms with Gasteiger partial charge in [-0.1, -0.05) is 0 Å². The van der Waals surface area contributed by atoms with E-state index in [2.05, 4.69) is 4.74 Å². The number of rotatable bonds is 5. The molecule has 122 valence electrons. The van der Waals surface area contributed by atoms with Crippen molar-refractivity contribution in [2.24, 2.45) is 0 Å². The molecule has 0 aliphatic heterocycles. The van der Waals surface area contributed by atoms with Gasteiger partial charge in [-0.25, -0.2) is 4.79 Å². The van der Waals surface area contributed by atoms with E-state index in [1.165, 1.54) is 18.3 Å². The number of halogens is 3. The normalized spacial score (nSPS) is 10.9. The Bertz CT molecular complexity index is 598. The van der Waals surface area contributed by atoms with Crippen LogP contribution in [0.15, 0.2) is 23.1 Å². The first-order valence-corrected chi connectivity index (χ1v) is 6.19. The molecule has 0 saturated heterocycles. The first kappa shape index (κ1) is 17.5. The van der Waals surface area contributed by atoms with E-state index < -0.39 is 30.3 Å². The van der Waals surface area contributed by atoms with Gasteiger partial charge in [-0.15, -0.1) is 0 Å². The first-order valence-electron chi connectivity index (χ1n) is 6.19. The molecule has 0 atom stereocenters. The first-order chi connectivity index (χ1) is 10.2. The summed E-state index contributed by atoms with van der Waals surface area (Å²) >= 11 is 0. The second-order valence-corrected chi connectivity index (χ2v) is 4.08. The van der Waals surface area contributed by atoms with Gasteiger partial charge >= 0.3 is 18.2 Å². The predicted octanol–water partition coefficient (Wildman–Crippen LogP) is 1.10. The lowest BCUT2D eigenvalue weighted by Gasteiger charge is -2.11. The number of aromatic nitrogens is 1.